The molecule has 3 N–H and O–H groups in total. The maximum atomic E-state index is 10.6. The molecule has 1 aliphatic rings. The molecule has 0 atom stereocenters. The van der Waals surface area contributed by atoms with Crippen LogP contribution in [0.3, 0.4) is 0 Å². The van der Waals surface area contributed by atoms with Crippen LogP contribution in [0.1, 0.15) is 0 Å². The number of nitrogens with one attached hydrogen (secondary N) is 1. The van der Waals surface area contributed by atoms with E-state index in [1.807, 2.05) is 5.32 Å². The van der Waals surface area contributed by atoms with E-state index in [4.69, 9.17) is 5.73 Å². The summed E-state index contributed by atoms with van der Waals surface area (Å²) in [6.07, 6.45) is 1.06. The van der Waals surface area contributed by atoms with Gasteiger partial charge in [0.1, 0.15) is 12.0 Å². The third-order valence-corrected chi connectivity index (χ3v) is 0.940. The fourth-order valence-electron chi connectivity index (χ4n) is 0.496. The van der Waals surface area contributed by atoms with Crippen LogP contribution in [-0.4, -0.2) is 18.4 Å². The molecule has 0 saturated carbocycles. The van der Waals surface area contributed by atoms with Gasteiger partial charge >= 0.3 is 0 Å². The summed E-state index contributed by atoms with van der Waals surface area (Å²) < 4.78 is 4.57. The lowest BCUT2D eigenvalue weighted by Crippen LogP contribution is -2.33. The van der Waals surface area contributed by atoms with Crippen LogP contribution >= 0.6 is 0 Å². The molecular formula is C5H6N2O3. The maximum Gasteiger partial charge on any atom is 0.276 e. The van der Waals surface area contributed by atoms with Crippen LogP contribution in [0.15, 0.2) is 12.0 Å². The molecule has 10 heavy (non-hydrogen) atoms. The molecule has 0 fully saturated rings. The van der Waals surface area contributed by atoms with E-state index in [-0.39, 0.29) is 12.3 Å². The summed E-state index contributed by atoms with van der Waals surface area (Å²) in [5.41, 5.74) is 5.02. The smallest absolute Gasteiger partial charge is 0.276 e. The van der Waals surface area contributed by atoms with Crippen molar-refractivity contribution in [3.05, 3.63) is 12.0 Å². The van der Waals surface area contributed by atoms with E-state index in [9.17, 15) is 9.59 Å². The topological polar surface area (TPSA) is 81.4 Å². The molecule has 5 nitrogen and oxygen atoms in total. The lowest BCUT2D eigenvalue weighted by Gasteiger charge is -1.94. The zero-order valence-corrected chi connectivity index (χ0v) is 5.09. The number of rotatable bonds is 0. The van der Waals surface area contributed by atoms with E-state index in [2.05, 4.69) is 4.74 Å². The van der Waals surface area contributed by atoms with E-state index in [1.54, 1.807) is 0 Å². The molecule has 54 valence electrons. The monoisotopic (exact) mass is 142 g/mol. The molecule has 0 aliphatic carbocycles. The summed E-state index contributed by atoms with van der Waals surface area (Å²) in [6, 6.07) is 0. The van der Waals surface area contributed by atoms with Crippen molar-refractivity contribution in [2.45, 2.75) is 0 Å². The van der Waals surface area contributed by atoms with Crippen molar-refractivity contribution >= 4 is 11.8 Å². The van der Waals surface area contributed by atoms with E-state index in [1.165, 1.54) is 0 Å². The Bertz CT molecular complexity index is 209. The van der Waals surface area contributed by atoms with Crippen LogP contribution in [0.5, 0.6) is 0 Å². The fraction of sp³-hybridized carbons (Fsp3) is 0.200. The molecule has 1 heterocycles. The third-order valence-electron chi connectivity index (χ3n) is 0.940. The molecule has 1 rings (SSSR count). The van der Waals surface area contributed by atoms with Crippen LogP contribution in [0.4, 0.5) is 0 Å². The number of hydrogen-bond acceptors (Lipinski definition) is 4. The molecule has 0 aromatic carbocycles. The summed E-state index contributed by atoms with van der Waals surface area (Å²) in [4.78, 5) is 21.1. The Hall–Kier alpha value is -1.52. The van der Waals surface area contributed by atoms with E-state index in [0.717, 1.165) is 6.26 Å². The Balaban J connectivity index is 2.73. The van der Waals surface area contributed by atoms with Crippen LogP contribution in [-0.2, 0) is 14.3 Å². The average molecular weight is 142 g/mol. The first kappa shape index (κ1) is 6.60. The molecule has 0 aromatic rings. The highest BCUT2D eigenvalue weighted by Crippen LogP contribution is 1.90. The van der Waals surface area contributed by atoms with Crippen molar-refractivity contribution in [1.82, 2.24) is 5.32 Å². The number of imide groups is 1. The van der Waals surface area contributed by atoms with Crippen molar-refractivity contribution in [1.29, 1.82) is 0 Å². The third kappa shape index (κ3) is 1.25. The van der Waals surface area contributed by atoms with Crippen LogP contribution < -0.4 is 11.1 Å². The Morgan fingerprint density at radius 1 is 1.60 bits per heavy atom. The van der Waals surface area contributed by atoms with E-state index >= 15 is 0 Å². The number of hydrogen-bond donors (Lipinski definition) is 2. The predicted molar refractivity (Wildman–Crippen MR) is 31.4 cm³/mol. The Morgan fingerprint density at radius 3 is 3.00 bits per heavy atom. The first-order valence-corrected chi connectivity index (χ1v) is 2.61. The van der Waals surface area contributed by atoms with Crippen LogP contribution in [0.25, 0.3) is 0 Å². The predicted octanol–water partition coefficient (Wildman–Crippen LogP) is -1.54. The zero-order chi connectivity index (χ0) is 7.56. The van der Waals surface area contributed by atoms with Crippen molar-refractivity contribution in [2.75, 3.05) is 6.61 Å². The molecular weight excluding hydrogens is 136 g/mol. The molecule has 2 amide bonds. The summed E-state index contributed by atoms with van der Waals surface area (Å²) in [5.74, 6) is -1.09. The molecule has 0 saturated heterocycles. The Labute approximate surface area is 56.8 Å². The highest BCUT2D eigenvalue weighted by Gasteiger charge is 2.13. The van der Waals surface area contributed by atoms with Gasteiger partial charge in [0.25, 0.3) is 11.8 Å². The van der Waals surface area contributed by atoms with Crippen molar-refractivity contribution in [3.63, 3.8) is 0 Å². The normalized spacial score (nSPS) is 18.6. The highest BCUT2D eigenvalue weighted by atomic mass is 16.5. The largest absolute Gasteiger partial charge is 0.489 e. The number of carbonyl (C=O) groups is 2. The van der Waals surface area contributed by atoms with Gasteiger partial charge in [-0.15, -0.1) is 0 Å². The minimum atomic E-state index is -0.609. The number of ether oxygens (including phenoxy) is 1. The first-order chi connectivity index (χ1) is 4.70. The Kier molecular flexibility index (Phi) is 1.57. The lowest BCUT2D eigenvalue weighted by atomic mass is 10.5. The first-order valence-electron chi connectivity index (χ1n) is 2.61. The zero-order valence-electron chi connectivity index (χ0n) is 5.09. The minimum Gasteiger partial charge on any atom is -0.489 e. The van der Waals surface area contributed by atoms with Gasteiger partial charge in [0.2, 0.25) is 0 Å². The van der Waals surface area contributed by atoms with Crippen molar-refractivity contribution in [2.24, 2.45) is 5.73 Å². The summed E-state index contributed by atoms with van der Waals surface area (Å²) in [5, 5.41) is 2.00. The summed E-state index contributed by atoms with van der Waals surface area (Å²) >= 11 is 0. The van der Waals surface area contributed by atoms with Gasteiger partial charge in [-0.2, -0.15) is 0 Å². The van der Waals surface area contributed by atoms with Gasteiger partial charge in [0.15, 0.2) is 6.61 Å². The number of nitrogens with two attached hydrogens (primary N) is 1. The quantitative estimate of drug-likeness (QED) is 0.401. The lowest BCUT2D eigenvalue weighted by molar-refractivity contribution is -0.129. The Morgan fingerprint density at radius 2 is 2.30 bits per heavy atom. The van der Waals surface area contributed by atoms with Gasteiger partial charge < -0.3 is 10.5 Å². The average Bonchev–Trinajstić information content (AvgIpc) is 1.96. The SMILES string of the molecule is NC1=COCC(=O)NC1=O. The molecule has 0 bridgehead atoms. The van der Waals surface area contributed by atoms with Crippen molar-refractivity contribution in [3.8, 4) is 0 Å². The van der Waals surface area contributed by atoms with Gasteiger partial charge in [-0.3, -0.25) is 14.9 Å². The molecule has 0 unspecified atom stereocenters. The van der Waals surface area contributed by atoms with Gasteiger partial charge in [0.05, 0.1) is 0 Å². The second-order valence-corrected chi connectivity index (χ2v) is 1.76. The highest BCUT2D eigenvalue weighted by molar-refractivity contribution is 6.04. The van der Waals surface area contributed by atoms with E-state index in [0.29, 0.717) is 0 Å². The second-order valence-electron chi connectivity index (χ2n) is 1.76. The maximum absolute atomic E-state index is 10.6. The molecule has 0 aromatic heterocycles. The molecule has 5 heteroatoms. The summed E-state index contributed by atoms with van der Waals surface area (Å²) in [7, 11) is 0. The van der Waals surface area contributed by atoms with Gasteiger partial charge in [-0.1, -0.05) is 0 Å². The summed E-state index contributed by atoms with van der Waals surface area (Å²) in [6.45, 7) is -0.160. The van der Waals surface area contributed by atoms with Gasteiger partial charge in [-0.25, -0.2) is 0 Å². The van der Waals surface area contributed by atoms with Gasteiger partial charge in [-0.05, 0) is 0 Å². The van der Waals surface area contributed by atoms with Crippen LogP contribution in [0, 0.1) is 0 Å². The van der Waals surface area contributed by atoms with E-state index < -0.39 is 11.8 Å². The number of amides is 2. The number of carbonyl (C=O) groups excluding carboxylic acids is 2. The standard InChI is InChI=1S/C5H6N2O3/c6-3-1-10-2-4(8)7-5(3)9/h1H,2,6H2,(H,7,8,9). The molecule has 0 radical (unpaired) electrons. The fourth-order valence-corrected chi connectivity index (χ4v) is 0.496. The minimum absolute atomic E-state index is 0.0918. The van der Waals surface area contributed by atoms with Crippen molar-refractivity contribution < 1.29 is 14.3 Å². The molecule has 0 spiro atoms. The molecule has 1 aliphatic heterocycles. The van der Waals surface area contributed by atoms with Crippen LogP contribution in [0.2, 0.25) is 0 Å². The second kappa shape index (κ2) is 2.38. The van der Waals surface area contributed by atoms with Gasteiger partial charge in [0, 0.05) is 0 Å².